The Balaban J connectivity index is 1.56. The first-order valence-corrected chi connectivity index (χ1v) is 7.74. The SMILES string of the molecule is Cc1cccc(OCC2CCC3(CCCCC3)O2)c1F. The molecule has 2 aliphatic rings. The summed E-state index contributed by atoms with van der Waals surface area (Å²) in [4.78, 5) is 0. The quantitative estimate of drug-likeness (QED) is 0.816. The number of ether oxygens (including phenoxy) is 2. The van der Waals surface area contributed by atoms with E-state index in [1.54, 1.807) is 19.1 Å². The summed E-state index contributed by atoms with van der Waals surface area (Å²) in [6, 6.07) is 5.27. The summed E-state index contributed by atoms with van der Waals surface area (Å²) in [5.41, 5.74) is 0.732. The van der Waals surface area contributed by atoms with Crippen LogP contribution in [-0.4, -0.2) is 18.3 Å². The lowest BCUT2D eigenvalue weighted by Gasteiger charge is -2.33. The van der Waals surface area contributed by atoms with Crippen molar-refractivity contribution in [3.63, 3.8) is 0 Å². The zero-order valence-electron chi connectivity index (χ0n) is 12.2. The molecule has 1 unspecified atom stereocenters. The van der Waals surface area contributed by atoms with Crippen LogP contribution in [0.4, 0.5) is 4.39 Å². The van der Waals surface area contributed by atoms with Gasteiger partial charge in [-0.25, -0.2) is 4.39 Å². The molecule has 0 radical (unpaired) electrons. The molecule has 2 fully saturated rings. The molecule has 0 aromatic heterocycles. The second kappa shape index (κ2) is 5.72. The number of rotatable bonds is 3. The van der Waals surface area contributed by atoms with Crippen LogP contribution in [0.5, 0.6) is 5.75 Å². The highest BCUT2D eigenvalue weighted by Crippen LogP contribution is 2.42. The Bertz CT molecular complexity index is 466. The predicted octanol–water partition coefficient (Wildman–Crippen LogP) is 4.39. The minimum atomic E-state index is -0.252. The molecule has 1 spiro atoms. The number of halogens is 1. The standard InChI is InChI=1S/C17H23FO2/c1-13-6-5-7-15(16(13)18)19-12-14-8-11-17(20-14)9-3-2-4-10-17/h5-7,14H,2-4,8-12H2,1H3. The molecule has 1 aromatic rings. The van der Waals surface area contributed by atoms with Crippen LogP contribution in [0.3, 0.4) is 0 Å². The van der Waals surface area contributed by atoms with E-state index in [9.17, 15) is 4.39 Å². The van der Waals surface area contributed by atoms with Crippen LogP contribution in [0.25, 0.3) is 0 Å². The maximum absolute atomic E-state index is 13.9. The zero-order chi connectivity index (χ0) is 14.0. The normalized spacial score (nSPS) is 25.0. The highest BCUT2D eigenvalue weighted by Gasteiger charge is 2.40. The van der Waals surface area contributed by atoms with Gasteiger partial charge in [0.15, 0.2) is 11.6 Å². The maximum Gasteiger partial charge on any atom is 0.167 e. The van der Waals surface area contributed by atoms with Crippen molar-refractivity contribution in [1.82, 2.24) is 0 Å². The highest BCUT2D eigenvalue weighted by atomic mass is 19.1. The van der Waals surface area contributed by atoms with Crippen LogP contribution >= 0.6 is 0 Å². The Hall–Kier alpha value is -1.09. The first-order chi connectivity index (χ1) is 9.69. The number of aryl methyl sites for hydroxylation is 1. The largest absolute Gasteiger partial charge is 0.488 e. The van der Waals surface area contributed by atoms with Crippen molar-refractivity contribution >= 4 is 0 Å². The monoisotopic (exact) mass is 278 g/mol. The van der Waals surface area contributed by atoms with Crippen LogP contribution in [0.15, 0.2) is 18.2 Å². The molecule has 0 bridgehead atoms. The van der Waals surface area contributed by atoms with Crippen LogP contribution in [0, 0.1) is 12.7 Å². The summed E-state index contributed by atoms with van der Waals surface area (Å²) < 4.78 is 25.7. The molecule has 1 saturated carbocycles. The molecule has 2 nitrogen and oxygen atoms in total. The smallest absolute Gasteiger partial charge is 0.167 e. The lowest BCUT2D eigenvalue weighted by Crippen LogP contribution is -2.32. The molecule has 3 heteroatoms. The van der Waals surface area contributed by atoms with Crippen molar-refractivity contribution in [1.29, 1.82) is 0 Å². The topological polar surface area (TPSA) is 18.5 Å². The summed E-state index contributed by atoms with van der Waals surface area (Å²) >= 11 is 0. The fraction of sp³-hybridized carbons (Fsp3) is 0.647. The average Bonchev–Trinajstić information content (AvgIpc) is 2.84. The maximum atomic E-state index is 13.9. The number of benzene rings is 1. The summed E-state index contributed by atoms with van der Waals surface area (Å²) in [6.45, 7) is 2.22. The first kappa shape index (κ1) is 13.9. The molecule has 0 amide bonds. The Morgan fingerprint density at radius 2 is 2.05 bits per heavy atom. The second-order valence-corrected chi connectivity index (χ2v) is 6.22. The predicted molar refractivity (Wildman–Crippen MR) is 76.6 cm³/mol. The minimum Gasteiger partial charge on any atom is -0.488 e. The zero-order valence-corrected chi connectivity index (χ0v) is 12.2. The Morgan fingerprint density at radius 1 is 1.25 bits per heavy atom. The average molecular weight is 278 g/mol. The van der Waals surface area contributed by atoms with Crippen molar-refractivity contribution in [2.75, 3.05) is 6.61 Å². The van der Waals surface area contributed by atoms with E-state index < -0.39 is 0 Å². The summed E-state index contributed by atoms with van der Waals surface area (Å²) in [5.74, 6) is 0.0936. The molecule has 1 saturated heterocycles. The lowest BCUT2D eigenvalue weighted by molar-refractivity contribution is -0.0751. The van der Waals surface area contributed by atoms with E-state index in [1.165, 1.54) is 32.1 Å². The third-order valence-electron chi connectivity index (χ3n) is 4.68. The molecule has 1 atom stereocenters. The Kier molecular flexibility index (Phi) is 3.97. The molecule has 1 heterocycles. The first-order valence-electron chi connectivity index (χ1n) is 7.74. The molecule has 0 N–H and O–H groups in total. The van der Waals surface area contributed by atoms with Gasteiger partial charge in [-0.15, -0.1) is 0 Å². The van der Waals surface area contributed by atoms with Gasteiger partial charge in [0.25, 0.3) is 0 Å². The minimum absolute atomic E-state index is 0.109. The van der Waals surface area contributed by atoms with Gasteiger partial charge in [0, 0.05) is 0 Å². The molecule has 1 aromatic carbocycles. The fourth-order valence-electron chi connectivity index (χ4n) is 3.49. The van der Waals surface area contributed by atoms with E-state index in [-0.39, 0.29) is 17.5 Å². The van der Waals surface area contributed by atoms with E-state index in [2.05, 4.69) is 0 Å². The van der Waals surface area contributed by atoms with Gasteiger partial charge in [0.05, 0.1) is 11.7 Å². The molecule has 20 heavy (non-hydrogen) atoms. The lowest BCUT2D eigenvalue weighted by atomic mass is 9.83. The molecular weight excluding hydrogens is 255 g/mol. The van der Waals surface area contributed by atoms with Crippen molar-refractivity contribution in [3.05, 3.63) is 29.6 Å². The molecule has 110 valence electrons. The summed E-state index contributed by atoms with van der Waals surface area (Å²) in [5, 5.41) is 0. The molecule has 3 rings (SSSR count). The van der Waals surface area contributed by atoms with Crippen LogP contribution in [-0.2, 0) is 4.74 Å². The number of hydrogen-bond acceptors (Lipinski definition) is 2. The summed E-state index contributed by atoms with van der Waals surface area (Å²) in [6.07, 6.45) is 8.55. The van der Waals surface area contributed by atoms with E-state index in [1.807, 2.05) is 6.07 Å². The van der Waals surface area contributed by atoms with E-state index in [0.29, 0.717) is 17.9 Å². The van der Waals surface area contributed by atoms with Crippen molar-refractivity contribution in [2.24, 2.45) is 0 Å². The van der Waals surface area contributed by atoms with Gasteiger partial charge in [-0.3, -0.25) is 0 Å². The summed E-state index contributed by atoms with van der Waals surface area (Å²) in [7, 11) is 0. The van der Waals surface area contributed by atoms with Crippen molar-refractivity contribution in [3.8, 4) is 5.75 Å². The van der Waals surface area contributed by atoms with Crippen molar-refractivity contribution < 1.29 is 13.9 Å². The van der Waals surface area contributed by atoms with Gasteiger partial charge >= 0.3 is 0 Å². The van der Waals surface area contributed by atoms with Gasteiger partial charge in [-0.2, -0.15) is 0 Å². The van der Waals surface area contributed by atoms with Crippen LogP contribution in [0.2, 0.25) is 0 Å². The number of hydrogen-bond donors (Lipinski definition) is 0. The van der Waals surface area contributed by atoms with Crippen molar-refractivity contribution in [2.45, 2.75) is 63.6 Å². The van der Waals surface area contributed by atoms with E-state index in [0.717, 1.165) is 12.8 Å². The van der Waals surface area contributed by atoms with E-state index >= 15 is 0 Å². The highest BCUT2D eigenvalue weighted by molar-refractivity contribution is 5.30. The van der Waals surface area contributed by atoms with Gasteiger partial charge in [0.1, 0.15) is 6.61 Å². The third kappa shape index (κ3) is 2.83. The Labute approximate surface area is 120 Å². The fourth-order valence-corrected chi connectivity index (χ4v) is 3.49. The van der Waals surface area contributed by atoms with E-state index in [4.69, 9.17) is 9.47 Å². The van der Waals surface area contributed by atoms with Crippen LogP contribution < -0.4 is 4.74 Å². The second-order valence-electron chi connectivity index (χ2n) is 6.22. The van der Waals surface area contributed by atoms with Gasteiger partial charge in [-0.05, 0) is 44.2 Å². The molecule has 1 aliphatic carbocycles. The Morgan fingerprint density at radius 3 is 2.85 bits per heavy atom. The third-order valence-corrected chi connectivity index (χ3v) is 4.68. The van der Waals surface area contributed by atoms with Gasteiger partial charge < -0.3 is 9.47 Å². The molecular formula is C17H23FO2. The molecule has 1 aliphatic heterocycles. The van der Waals surface area contributed by atoms with Crippen LogP contribution in [0.1, 0.15) is 50.5 Å². The van der Waals surface area contributed by atoms with Gasteiger partial charge in [0.2, 0.25) is 0 Å². The van der Waals surface area contributed by atoms with Gasteiger partial charge in [-0.1, -0.05) is 31.4 Å².